The van der Waals surface area contributed by atoms with Crippen molar-refractivity contribution in [3.8, 4) is 0 Å². The molecule has 0 N–H and O–H groups in total. The SMILES string of the molecule is CCCCCc1[c]c2cc3ccccc3cc2cc1. The zero-order chi connectivity index (χ0) is 13.1. The standard InChI is InChI=1S/C19H19/c1-2-3-4-7-15-10-11-18-13-16-8-5-6-9-17(16)14-19(18)12-15/h5-6,8-11,13-14H,2-4,7H2,1H3. The topological polar surface area (TPSA) is 0 Å². The lowest BCUT2D eigenvalue weighted by molar-refractivity contribution is 0.717. The van der Waals surface area contributed by atoms with E-state index >= 15 is 0 Å². The van der Waals surface area contributed by atoms with E-state index in [1.54, 1.807) is 0 Å². The van der Waals surface area contributed by atoms with E-state index < -0.39 is 0 Å². The summed E-state index contributed by atoms with van der Waals surface area (Å²) in [7, 11) is 0. The Hall–Kier alpha value is -1.82. The normalized spacial score (nSPS) is 11.2. The summed E-state index contributed by atoms with van der Waals surface area (Å²) in [5.41, 5.74) is 1.34. The second-order valence-corrected chi connectivity index (χ2v) is 5.23. The van der Waals surface area contributed by atoms with E-state index in [0.29, 0.717) is 0 Å². The van der Waals surface area contributed by atoms with Gasteiger partial charge < -0.3 is 0 Å². The molecule has 0 amide bonds. The second-order valence-electron chi connectivity index (χ2n) is 5.23. The Morgan fingerprint density at radius 1 is 0.842 bits per heavy atom. The molecule has 3 aromatic carbocycles. The van der Waals surface area contributed by atoms with Crippen molar-refractivity contribution in [1.82, 2.24) is 0 Å². The average Bonchev–Trinajstić information content (AvgIpc) is 2.45. The van der Waals surface area contributed by atoms with Crippen molar-refractivity contribution in [3.63, 3.8) is 0 Å². The third kappa shape index (κ3) is 2.63. The minimum Gasteiger partial charge on any atom is -0.0654 e. The molecule has 1 radical (unpaired) electrons. The highest BCUT2D eigenvalue weighted by Crippen LogP contribution is 2.23. The van der Waals surface area contributed by atoms with Crippen molar-refractivity contribution in [2.45, 2.75) is 32.6 Å². The maximum absolute atomic E-state index is 3.58. The quantitative estimate of drug-likeness (QED) is 0.420. The van der Waals surface area contributed by atoms with Gasteiger partial charge in [0.05, 0.1) is 0 Å². The van der Waals surface area contributed by atoms with Crippen molar-refractivity contribution >= 4 is 21.5 Å². The van der Waals surface area contributed by atoms with Crippen molar-refractivity contribution in [2.75, 3.05) is 0 Å². The number of fused-ring (bicyclic) bond motifs is 2. The van der Waals surface area contributed by atoms with Gasteiger partial charge in [-0.2, -0.15) is 0 Å². The van der Waals surface area contributed by atoms with Gasteiger partial charge in [0.25, 0.3) is 0 Å². The molecule has 0 saturated heterocycles. The molecule has 0 fully saturated rings. The molecule has 0 spiro atoms. The van der Waals surface area contributed by atoms with Crippen LogP contribution in [-0.4, -0.2) is 0 Å². The van der Waals surface area contributed by atoms with Crippen LogP contribution in [0.4, 0.5) is 0 Å². The van der Waals surface area contributed by atoms with Crippen molar-refractivity contribution < 1.29 is 0 Å². The number of hydrogen-bond donors (Lipinski definition) is 0. The third-order valence-corrected chi connectivity index (χ3v) is 3.73. The first-order valence-electron chi connectivity index (χ1n) is 7.20. The summed E-state index contributed by atoms with van der Waals surface area (Å²) in [4.78, 5) is 0. The van der Waals surface area contributed by atoms with Gasteiger partial charge in [-0.1, -0.05) is 56.2 Å². The minimum absolute atomic E-state index is 1.15. The van der Waals surface area contributed by atoms with E-state index in [2.05, 4.69) is 61.5 Å². The van der Waals surface area contributed by atoms with Gasteiger partial charge in [-0.25, -0.2) is 0 Å². The Morgan fingerprint density at radius 3 is 2.42 bits per heavy atom. The molecule has 3 aromatic rings. The molecule has 0 nitrogen and oxygen atoms in total. The number of unbranched alkanes of at least 4 members (excludes halogenated alkanes) is 2. The van der Waals surface area contributed by atoms with E-state index in [4.69, 9.17) is 0 Å². The number of benzene rings is 3. The Morgan fingerprint density at radius 2 is 1.63 bits per heavy atom. The molecular formula is C19H19. The van der Waals surface area contributed by atoms with Gasteiger partial charge in [0.1, 0.15) is 0 Å². The Balaban J connectivity index is 1.99. The number of aryl methyl sites for hydroxylation is 1. The zero-order valence-electron chi connectivity index (χ0n) is 11.4. The molecule has 3 rings (SSSR count). The highest BCUT2D eigenvalue weighted by atomic mass is 14.0. The Bertz CT molecular complexity index is 695. The molecule has 0 bridgehead atoms. The van der Waals surface area contributed by atoms with Gasteiger partial charge >= 0.3 is 0 Å². The molecule has 0 heterocycles. The maximum atomic E-state index is 3.58. The van der Waals surface area contributed by atoms with Gasteiger partial charge in [0.15, 0.2) is 0 Å². The van der Waals surface area contributed by atoms with Gasteiger partial charge in [0, 0.05) is 0 Å². The van der Waals surface area contributed by atoms with E-state index in [1.165, 1.54) is 46.4 Å². The summed E-state index contributed by atoms with van der Waals surface area (Å²) in [6.07, 6.45) is 5.00. The molecule has 0 heteroatoms. The van der Waals surface area contributed by atoms with Gasteiger partial charge in [-0.3, -0.25) is 0 Å². The summed E-state index contributed by atoms with van der Waals surface area (Å²) in [5, 5.41) is 5.14. The van der Waals surface area contributed by atoms with Crippen molar-refractivity contribution in [2.24, 2.45) is 0 Å². The van der Waals surface area contributed by atoms with Crippen LogP contribution in [0.15, 0.2) is 48.5 Å². The lowest BCUT2D eigenvalue weighted by Crippen LogP contribution is -1.86. The van der Waals surface area contributed by atoms with Crippen LogP contribution in [0.5, 0.6) is 0 Å². The molecule has 0 atom stereocenters. The molecule has 0 unspecified atom stereocenters. The first-order valence-corrected chi connectivity index (χ1v) is 7.20. The van der Waals surface area contributed by atoms with Crippen molar-refractivity contribution in [3.05, 3.63) is 60.2 Å². The maximum Gasteiger partial charge on any atom is -0.00641 e. The van der Waals surface area contributed by atoms with E-state index in [-0.39, 0.29) is 0 Å². The highest BCUT2D eigenvalue weighted by molar-refractivity contribution is 5.98. The fourth-order valence-corrected chi connectivity index (χ4v) is 2.62. The summed E-state index contributed by atoms with van der Waals surface area (Å²) < 4.78 is 0. The summed E-state index contributed by atoms with van der Waals surface area (Å²) in [6, 6.07) is 21.1. The first-order chi connectivity index (χ1) is 9.36. The molecule has 19 heavy (non-hydrogen) atoms. The van der Waals surface area contributed by atoms with Gasteiger partial charge in [-0.15, -0.1) is 0 Å². The summed E-state index contributed by atoms with van der Waals surface area (Å²) in [6.45, 7) is 2.25. The minimum atomic E-state index is 1.15. The predicted molar refractivity (Wildman–Crippen MR) is 83.5 cm³/mol. The van der Waals surface area contributed by atoms with E-state index in [9.17, 15) is 0 Å². The molecule has 0 aliphatic heterocycles. The predicted octanol–water partition coefficient (Wildman–Crippen LogP) is 5.53. The van der Waals surface area contributed by atoms with Crippen LogP contribution >= 0.6 is 0 Å². The monoisotopic (exact) mass is 247 g/mol. The molecule has 0 aliphatic carbocycles. The lowest BCUT2D eigenvalue weighted by atomic mass is 9.99. The van der Waals surface area contributed by atoms with Crippen LogP contribution in [0.3, 0.4) is 0 Å². The lowest BCUT2D eigenvalue weighted by Gasteiger charge is -2.05. The fourth-order valence-electron chi connectivity index (χ4n) is 2.62. The number of hydrogen-bond acceptors (Lipinski definition) is 0. The third-order valence-electron chi connectivity index (χ3n) is 3.73. The summed E-state index contributed by atoms with van der Waals surface area (Å²) in [5.74, 6) is 0. The molecule has 0 saturated carbocycles. The van der Waals surface area contributed by atoms with Crippen LogP contribution in [0.25, 0.3) is 21.5 Å². The van der Waals surface area contributed by atoms with Crippen molar-refractivity contribution in [1.29, 1.82) is 0 Å². The Kier molecular flexibility index (Phi) is 3.50. The first kappa shape index (κ1) is 12.2. The van der Waals surface area contributed by atoms with Crippen LogP contribution in [-0.2, 0) is 6.42 Å². The van der Waals surface area contributed by atoms with Gasteiger partial charge in [0.2, 0.25) is 0 Å². The molecular weight excluding hydrogens is 228 g/mol. The smallest absolute Gasteiger partial charge is 0.00641 e. The number of rotatable bonds is 4. The van der Waals surface area contributed by atoms with Crippen LogP contribution < -0.4 is 0 Å². The average molecular weight is 247 g/mol. The Labute approximate surface area is 115 Å². The second kappa shape index (κ2) is 5.44. The molecule has 95 valence electrons. The fraction of sp³-hybridized carbons (Fsp3) is 0.263. The largest absolute Gasteiger partial charge is 0.0654 e. The summed E-state index contributed by atoms with van der Waals surface area (Å²) >= 11 is 0. The molecule has 0 aromatic heterocycles. The van der Waals surface area contributed by atoms with Crippen LogP contribution in [0, 0.1) is 6.07 Å². The van der Waals surface area contributed by atoms with E-state index in [1.807, 2.05) is 0 Å². The van der Waals surface area contributed by atoms with Crippen LogP contribution in [0.2, 0.25) is 0 Å². The zero-order valence-corrected chi connectivity index (χ0v) is 11.4. The highest BCUT2D eigenvalue weighted by Gasteiger charge is 2.00. The van der Waals surface area contributed by atoms with E-state index in [0.717, 1.165) is 6.42 Å². The molecule has 0 aliphatic rings. The van der Waals surface area contributed by atoms with Crippen LogP contribution in [0.1, 0.15) is 31.7 Å². The van der Waals surface area contributed by atoms with Gasteiger partial charge in [-0.05, 0) is 58.1 Å².